The number of amides is 1. The van der Waals surface area contributed by atoms with Crippen molar-refractivity contribution in [1.29, 1.82) is 0 Å². The molecule has 1 amide bonds. The highest BCUT2D eigenvalue weighted by atomic mass is 35.5. The van der Waals surface area contributed by atoms with Gasteiger partial charge < -0.3 is 10.6 Å². The predicted molar refractivity (Wildman–Crippen MR) is 59.7 cm³/mol. The molecule has 0 unspecified atom stereocenters. The molecular formula is C9H13ClN2OS. The van der Waals surface area contributed by atoms with Gasteiger partial charge in [-0.15, -0.1) is 11.3 Å². The van der Waals surface area contributed by atoms with Crippen molar-refractivity contribution in [1.82, 2.24) is 10.6 Å². The van der Waals surface area contributed by atoms with Gasteiger partial charge in [0, 0.05) is 23.3 Å². The van der Waals surface area contributed by atoms with Crippen molar-refractivity contribution in [2.24, 2.45) is 0 Å². The fraction of sp³-hybridized carbons (Fsp3) is 0.444. The minimum Gasteiger partial charge on any atom is -0.355 e. The highest BCUT2D eigenvalue weighted by Crippen LogP contribution is 2.18. The Morgan fingerprint density at radius 2 is 2.43 bits per heavy atom. The number of carbonyl (C=O) groups excluding carboxylic acids is 1. The quantitative estimate of drug-likeness (QED) is 0.810. The molecule has 0 aliphatic heterocycles. The van der Waals surface area contributed by atoms with E-state index in [1.54, 1.807) is 11.3 Å². The summed E-state index contributed by atoms with van der Waals surface area (Å²) in [7, 11) is 0. The smallest absolute Gasteiger partial charge is 0.233 e. The Hall–Kier alpha value is -0.580. The van der Waals surface area contributed by atoms with Crippen molar-refractivity contribution in [3.05, 3.63) is 21.3 Å². The largest absolute Gasteiger partial charge is 0.355 e. The Labute approximate surface area is 92.5 Å². The molecule has 1 heterocycles. The molecule has 1 rings (SSSR count). The van der Waals surface area contributed by atoms with E-state index < -0.39 is 0 Å². The molecule has 1 aromatic rings. The number of thiophene rings is 1. The molecule has 5 heteroatoms. The van der Waals surface area contributed by atoms with E-state index in [9.17, 15) is 4.79 Å². The van der Waals surface area contributed by atoms with E-state index in [0.717, 1.165) is 9.90 Å². The molecule has 0 fully saturated rings. The van der Waals surface area contributed by atoms with Gasteiger partial charge in [0.05, 0.1) is 11.6 Å². The normalized spacial score (nSPS) is 10.1. The summed E-state index contributed by atoms with van der Waals surface area (Å²) in [5.41, 5.74) is 0. The SMILES string of the molecule is CCNC(=O)CNCc1cc(Cl)cs1. The van der Waals surface area contributed by atoms with E-state index in [1.807, 2.05) is 18.4 Å². The van der Waals surface area contributed by atoms with Crippen LogP contribution in [0.3, 0.4) is 0 Å². The van der Waals surface area contributed by atoms with Crippen molar-refractivity contribution in [3.8, 4) is 0 Å². The summed E-state index contributed by atoms with van der Waals surface area (Å²) in [4.78, 5) is 12.2. The third kappa shape index (κ3) is 4.09. The van der Waals surface area contributed by atoms with E-state index in [4.69, 9.17) is 11.6 Å². The first-order valence-corrected chi connectivity index (χ1v) is 5.68. The molecule has 0 aliphatic rings. The maximum absolute atomic E-state index is 11.0. The molecule has 3 nitrogen and oxygen atoms in total. The Morgan fingerprint density at radius 1 is 1.64 bits per heavy atom. The maximum atomic E-state index is 11.0. The second kappa shape index (κ2) is 6.01. The van der Waals surface area contributed by atoms with Crippen molar-refractivity contribution in [2.45, 2.75) is 13.5 Å². The second-order valence-electron chi connectivity index (χ2n) is 2.79. The van der Waals surface area contributed by atoms with Crippen LogP contribution in [-0.2, 0) is 11.3 Å². The van der Waals surface area contributed by atoms with E-state index in [0.29, 0.717) is 19.6 Å². The Morgan fingerprint density at radius 3 is 3.00 bits per heavy atom. The van der Waals surface area contributed by atoms with Crippen molar-refractivity contribution in [2.75, 3.05) is 13.1 Å². The summed E-state index contributed by atoms with van der Waals surface area (Å²) in [5, 5.41) is 8.39. The third-order valence-corrected chi connectivity index (χ3v) is 2.86. The zero-order valence-corrected chi connectivity index (χ0v) is 9.54. The summed E-state index contributed by atoms with van der Waals surface area (Å²) >= 11 is 7.34. The van der Waals surface area contributed by atoms with Crippen LogP contribution in [0.2, 0.25) is 5.02 Å². The number of likely N-dealkylation sites (N-methyl/N-ethyl adjacent to an activating group) is 1. The number of hydrogen-bond donors (Lipinski definition) is 2. The predicted octanol–water partition coefficient (Wildman–Crippen LogP) is 1.63. The standard InChI is InChI=1S/C9H13ClN2OS/c1-2-12-9(13)5-11-4-8-3-7(10)6-14-8/h3,6,11H,2,4-5H2,1H3,(H,12,13). The highest BCUT2D eigenvalue weighted by Gasteiger charge is 2.00. The Bertz CT molecular complexity index is 301. The molecule has 0 saturated carbocycles. The van der Waals surface area contributed by atoms with Gasteiger partial charge in [-0.1, -0.05) is 11.6 Å². The summed E-state index contributed by atoms with van der Waals surface area (Å²) < 4.78 is 0. The molecule has 0 saturated heterocycles. The van der Waals surface area contributed by atoms with E-state index in [1.165, 1.54) is 0 Å². The third-order valence-electron chi connectivity index (χ3n) is 1.58. The van der Waals surface area contributed by atoms with Crippen molar-refractivity contribution in [3.63, 3.8) is 0 Å². The summed E-state index contributed by atoms with van der Waals surface area (Å²) in [6, 6.07) is 1.90. The first kappa shape index (κ1) is 11.5. The Balaban J connectivity index is 2.18. The van der Waals surface area contributed by atoms with Crippen LogP contribution < -0.4 is 10.6 Å². The molecule has 2 N–H and O–H groups in total. The fourth-order valence-corrected chi connectivity index (χ4v) is 2.05. The second-order valence-corrected chi connectivity index (χ2v) is 4.22. The van der Waals surface area contributed by atoms with Gasteiger partial charge in [-0.05, 0) is 13.0 Å². The van der Waals surface area contributed by atoms with Crippen molar-refractivity contribution < 1.29 is 4.79 Å². The lowest BCUT2D eigenvalue weighted by atomic mass is 10.4. The zero-order chi connectivity index (χ0) is 10.4. The monoisotopic (exact) mass is 232 g/mol. The molecule has 0 radical (unpaired) electrons. The average Bonchev–Trinajstić information content (AvgIpc) is 2.52. The van der Waals surface area contributed by atoms with Crippen LogP contribution in [0.15, 0.2) is 11.4 Å². The van der Waals surface area contributed by atoms with Crippen LogP contribution in [0.4, 0.5) is 0 Å². The van der Waals surface area contributed by atoms with Gasteiger partial charge in [0.2, 0.25) is 5.91 Å². The van der Waals surface area contributed by atoms with Gasteiger partial charge in [0.1, 0.15) is 0 Å². The number of rotatable bonds is 5. The first-order chi connectivity index (χ1) is 6.72. The molecule has 14 heavy (non-hydrogen) atoms. The molecule has 0 aromatic carbocycles. The summed E-state index contributed by atoms with van der Waals surface area (Å²) in [6.45, 7) is 3.61. The average molecular weight is 233 g/mol. The van der Waals surface area contributed by atoms with Crippen LogP contribution >= 0.6 is 22.9 Å². The van der Waals surface area contributed by atoms with Crippen molar-refractivity contribution >= 4 is 28.8 Å². The van der Waals surface area contributed by atoms with Gasteiger partial charge in [-0.3, -0.25) is 4.79 Å². The van der Waals surface area contributed by atoms with Crippen LogP contribution in [0.25, 0.3) is 0 Å². The van der Waals surface area contributed by atoms with E-state index in [2.05, 4.69) is 10.6 Å². The molecule has 0 atom stereocenters. The van der Waals surface area contributed by atoms with Gasteiger partial charge in [0.15, 0.2) is 0 Å². The summed E-state index contributed by atoms with van der Waals surface area (Å²) in [6.07, 6.45) is 0. The van der Waals surface area contributed by atoms with Crippen LogP contribution in [0.1, 0.15) is 11.8 Å². The molecule has 0 aliphatic carbocycles. The maximum Gasteiger partial charge on any atom is 0.233 e. The first-order valence-electron chi connectivity index (χ1n) is 4.42. The summed E-state index contributed by atoms with van der Waals surface area (Å²) in [5.74, 6) is 0.0233. The number of carbonyl (C=O) groups is 1. The molecule has 1 aromatic heterocycles. The minimum absolute atomic E-state index is 0.0233. The fourth-order valence-electron chi connectivity index (χ4n) is 1.01. The Kier molecular flexibility index (Phi) is 4.93. The van der Waals surface area contributed by atoms with Gasteiger partial charge in [-0.2, -0.15) is 0 Å². The minimum atomic E-state index is 0.0233. The number of nitrogens with one attached hydrogen (secondary N) is 2. The van der Waals surface area contributed by atoms with Crippen LogP contribution in [-0.4, -0.2) is 19.0 Å². The lowest BCUT2D eigenvalue weighted by molar-refractivity contribution is -0.120. The van der Waals surface area contributed by atoms with E-state index in [-0.39, 0.29) is 5.91 Å². The van der Waals surface area contributed by atoms with Crippen LogP contribution in [0, 0.1) is 0 Å². The molecule has 0 spiro atoms. The number of hydrogen-bond acceptors (Lipinski definition) is 3. The zero-order valence-electron chi connectivity index (χ0n) is 7.97. The van der Waals surface area contributed by atoms with Gasteiger partial charge in [-0.25, -0.2) is 0 Å². The van der Waals surface area contributed by atoms with Gasteiger partial charge in [0.25, 0.3) is 0 Å². The van der Waals surface area contributed by atoms with Crippen LogP contribution in [0.5, 0.6) is 0 Å². The van der Waals surface area contributed by atoms with Gasteiger partial charge >= 0.3 is 0 Å². The number of halogens is 1. The molecule has 0 bridgehead atoms. The van der Waals surface area contributed by atoms with E-state index >= 15 is 0 Å². The molecular weight excluding hydrogens is 220 g/mol. The topological polar surface area (TPSA) is 41.1 Å². The highest BCUT2D eigenvalue weighted by molar-refractivity contribution is 7.10. The molecule has 78 valence electrons. The lowest BCUT2D eigenvalue weighted by Crippen LogP contribution is -2.33. The lowest BCUT2D eigenvalue weighted by Gasteiger charge is -2.02.